The van der Waals surface area contributed by atoms with Gasteiger partial charge in [-0.3, -0.25) is 4.79 Å². The summed E-state index contributed by atoms with van der Waals surface area (Å²) in [5.74, 6) is 0.646. The number of aliphatic hydroxyl groups is 1. The van der Waals surface area contributed by atoms with Gasteiger partial charge in [-0.25, -0.2) is 4.98 Å². The van der Waals surface area contributed by atoms with Crippen molar-refractivity contribution in [2.45, 2.75) is 32.7 Å². The van der Waals surface area contributed by atoms with Crippen molar-refractivity contribution in [3.63, 3.8) is 0 Å². The monoisotopic (exact) mass is 224 g/mol. The molecule has 0 unspecified atom stereocenters. The number of amides is 1. The lowest BCUT2D eigenvalue weighted by atomic mass is 10.2. The molecule has 1 aromatic rings. The van der Waals surface area contributed by atoms with Gasteiger partial charge in [-0.2, -0.15) is 0 Å². The molecule has 5 nitrogen and oxygen atoms in total. The Morgan fingerprint density at radius 3 is 2.94 bits per heavy atom. The van der Waals surface area contributed by atoms with Gasteiger partial charge in [0.15, 0.2) is 5.89 Å². The third-order valence-electron chi connectivity index (χ3n) is 2.95. The number of aryl methyl sites for hydroxylation is 2. The van der Waals surface area contributed by atoms with Gasteiger partial charge in [0.2, 0.25) is 5.76 Å². The minimum absolute atomic E-state index is 0.0118. The highest BCUT2D eigenvalue weighted by molar-refractivity contribution is 5.92. The fourth-order valence-corrected chi connectivity index (χ4v) is 2.15. The van der Waals surface area contributed by atoms with Gasteiger partial charge in [0.05, 0.1) is 18.3 Å². The Balaban J connectivity index is 2.21. The molecule has 2 heterocycles. The Morgan fingerprint density at radius 1 is 1.62 bits per heavy atom. The molecule has 0 aromatic carbocycles. The molecule has 1 fully saturated rings. The molecule has 0 bridgehead atoms. The number of hydrogen-bond donors (Lipinski definition) is 1. The molecule has 5 heteroatoms. The van der Waals surface area contributed by atoms with E-state index >= 15 is 0 Å². The molecule has 1 aromatic heterocycles. The van der Waals surface area contributed by atoms with E-state index in [1.54, 1.807) is 18.7 Å². The van der Waals surface area contributed by atoms with Crippen LogP contribution < -0.4 is 0 Å². The largest absolute Gasteiger partial charge is 0.436 e. The number of oxazole rings is 1. The number of carbonyl (C=O) groups is 1. The van der Waals surface area contributed by atoms with Crippen molar-refractivity contribution >= 4 is 5.91 Å². The predicted molar refractivity (Wildman–Crippen MR) is 57.1 cm³/mol. The summed E-state index contributed by atoms with van der Waals surface area (Å²) in [5.41, 5.74) is 0.617. The van der Waals surface area contributed by atoms with Gasteiger partial charge in [0.25, 0.3) is 5.91 Å². The minimum Gasteiger partial charge on any atom is -0.436 e. The topological polar surface area (TPSA) is 66.6 Å². The summed E-state index contributed by atoms with van der Waals surface area (Å²) in [7, 11) is 0. The van der Waals surface area contributed by atoms with E-state index in [4.69, 9.17) is 9.52 Å². The molecule has 0 radical (unpaired) electrons. The second-order valence-electron chi connectivity index (χ2n) is 4.12. The molecule has 0 aliphatic carbocycles. The smallest absolute Gasteiger partial charge is 0.291 e. The number of hydrogen-bond acceptors (Lipinski definition) is 4. The quantitative estimate of drug-likeness (QED) is 0.810. The lowest BCUT2D eigenvalue weighted by Gasteiger charge is -2.21. The van der Waals surface area contributed by atoms with E-state index in [0.29, 0.717) is 23.9 Å². The Hall–Kier alpha value is -1.36. The summed E-state index contributed by atoms with van der Waals surface area (Å²) >= 11 is 0. The molecular formula is C11H16N2O3. The highest BCUT2D eigenvalue weighted by atomic mass is 16.4. The summed E-state index contributed by atoms with van der Waals surface area (Å²) < 4.78 is 5.30. The number of likely N-dealkylation sites (tertiary alicyclic amines) is 1. The third kappa shape index (κ3) is 1.82. The van der Waals surface area contributed by atoms with Crippen molar-refractivity contribution in [1.29, 1.82) is 0 Å². The predicted octanol–water partition coefficient (Wildman–Crippen LogP) is 0.888. The van der Waals surface area contributed by atoms with E-state index in [9.17, 15) is 4.79 Å². The van der Waals surface area contributed by atoms with Crippen LogP contribution >= 0.6 is 0 Å². The van der Waals surface area contributed by atoms with Crippen LogP contribution in [0.1, 0.15) is 35.0 Å². The first-order valence-electron chi connectivity index (χ1n) is 5.49. The number of carbonyl (C=O) groups excluding carboxylic acids is 1. The van der Waals surface area contributed by atoms with Crippen LogP contribution in [0.15, 0.2) is 4.42 Å². The van der Waals surface area contributed by atoms with Crippen LogP contribution in [-0.2, 0) is 0 Å². The van der Waals surface area contributed by atoms with Crippen molar-refractivity contribution < 1.29 is 14.3 Å². The van der Waals surface area contributed by atoms with Crippen LogP contribution in [0.5, 0.6) is 0 Å². The highest BCUT2D eigenvalue weighted by Gasteiger charge is 2.31. The molecular weight excluding hydrogens is 208 g/mol. The van der Waals surface area contributed by atoms with Crippen molar-refractivity contribution in [1.82, 2.24) is 9.88 Å². The Labute approximate surface area is 94.1 Å². The summed E-state index contributed by atoms with van der Waals surface area (Å²) in [6.45, 7) is 4.17. The van der Waals surface area contributed by atoms with Gasteiger partial charge in [-0.05, 0) is 19.8 Å². The van der Waals surface area contributed by atoms with Crippen LogP contribution in [-0.4, -0.2) is 40.1 Å². The van der Waals surface area contributed by atoms with E-state index in [1.165, 1.54) is 0 Å². The molecule has 1 amide bonds. The van der Waals surface area contributed by atoms with Gasteiger partial charge >= 0.3 is 0 Å². The summed E-state index contributed by atoms with van der Waals surface area (Å²) in [4.78, 5) is 17.9. The SMILES string of the molecule is Cc1nc(C)c(C(=O)N2CCC[C@H]2CO)o1. The summed E-state index contributed by atoms with van der Waals surface area (Å²) in [6.07, 6.45) is 1.79. The second-order valence-corrected chi connectivity index (χ2v) is 4.12. The Morgan fingerprint density at radius 2 is 2.38 bits per heavy atom. The average Bonchev–Trinajstić information content (AvgIpc) is 2.83. The maximum absolute atomic E-state index is 12.1. The fraction of sp³-hybridized carbons (Fsp3) is 0.636. The normalized spacial score (nSPS) is 20.4. The van der Waals surface area contributed by atoms with Crippen molar-refractivity contribution in [3.05, 3.63) is 17.3 Å². The molecule has 1 N–H and O–H groups in total. The maximum Gasteiger partial charge on any atom is 0.291 e. The molecule has 1 aliphatic heterocycles. The molecule has 2 rings (SSSR count). The number of rotatable bonds is 2. The molecule has 16 heavy (non-hydrogen) atoms. The lowest BCUT2D eigenvalue weighted by Crippen LogP contribution is -2.37. The molecule has 1 saturated heterocycles. The minimum atomic E-state index is -0.158. The van der Waals surface area contributed by atoms with Crippen molar-refractivity contribution in [2.24, 2.45) is 0 Å². The van der Waals surface area contributed by atoms with Gasteiger partial charge in [0.1, 0.15) is 0 Å². The van der Waals surface area contributed by atoms with E-state index in [0.717, 1.165) is 12.8 Å². The molecule has 0 saturated carbocycles. The zero-order valence-corrected chi connectivity index (χ0v) is 9.56. The number of aliphatic hydroxyl groups excluding tert-OH is 1. The van der Waals surface area contributed by atoms with Crippen LogP contribution in [0.2, 0.25) is 0 Å². The fourth-order valence-electron chi connectivity index (χ4n) is 2.15. The Bertz CT molecular complexity index is 400. The summed E-state index contributed by atoms with van der Waals surface area (Å²) in [6, 6.07) is -0.0719. The van der Waals surface area contributed by atoms with Gasteiger partial charge < -0.3 is 14.4 Å². The first-order valence-corrected chi connectivity index (χ1v) is 5.49. The molecule has 1 atom stereocenters. The Kier molecular flexibility index (Phi) is 2.96. The van der Waals surface area contributed by atoms with E-state index in [-0.39, 0.29) is 18.6 Å². The van der Waals surface area contributed by atoms with Crippen molar-refractivity contribution in [3.8, 4) is 0 Å². The van der Waals surface area contributed by atoms with Crippen LogP contribution in [0.25, 0.3) is 0 Å². The average molecular weight is 224 g/mol. The maximum atomic E-state index is 12.1. The van der Waals surface area contributed by atoms with E-state index < -0.39 is 0 Å². The first-order chi connectivity index (χ1) is 7.63. The second kappa shape index (κ2) is 4.25. The van der Waals surface area contributed by atoms with Gasteiger partial charge in [0, 0.05) is 13.5 Å². The molecule has 88 valence electrons. The van der Waals surface area contributed by atoms with Gasteiger partial charge in [-0.1, -0.05) is 0 Å². The summed E-state index contributed by atoms with van der Waals surface area (Å²) in [5, 5.41) is 9.17. The van der Waals surface area contributed by atoms with Crippen LogP contribution in [0.3, 0.4) is 0 Å². The molecule has 1 aliphatic rings. The molecule has 0 spiro atoms. The zero-order valence-electron chi connectivity index (χ0n) is 9.56. The van der Waals surface area contributed by atoms with Crippen molar-refractivity contribution in [2.75, 3.05) is 13.2 Å². The van der Waals surface area contributed by atoms with Crippen LogP contribution in [0.4, 0.5) is 0 Å². The number of aromatic nitrogens is 1. The van der Waals surface area contributed by atoms with Crippen LogP contribution in [0, 0.1) is 13.8 Å². The third-order valence-corrected chi connectivity index (χ3v) is 2.95. The lowest BCUT2D eigenvalue weighted by molar-refractivity contribution is 0.0643. The van der Waals surface area contributed by atoms with Gasteiger partial charge in [-0.15, -0.1) is 0 Å². The highest BCUT2D eigenvalue weighted by Crippen LogP contribution is 2.21. The van der Waals surface area contributed by atoms with E-state index in [2.05, 4.69) is 4.98 Å². The zero-order chi connectivity index (χ0) is 11.7. The number of nitrogens with zero attached hydrogens (tertiary/aromatic N) is 2. The standard InChI is InChI=1S/C11H16N2O3/c1-7-10(16-8(2)12-7)11(15)13-5-3-4-9(13)6-14/h9,14H,3-6H2,1-2H3/t9-/m0/s1. The first kappa shape index (κ1) is 11.1. The van der Waals surface area contributed by atoms with E-state index in [1.807, 2.05) is 0 Å².